The van der Waals surface area contributed by atoms with Crippen LogP contribution in [0.25, 0.3) is 0 Å². The fourth-order valence-corrected chi connectivity index (χ4v) is 1.81. The highest BCUT2D eigenvalue weighted by Gasteiger charge is 2.27. The fourth-order valence-electron chi connectivity index (χ4n) is 1.81. The molecule has 0 saturated carbocycles. The van der Waals surface area contributed by atoms with Crippen LogP contribution in [0.3, 0.4) is 0 Å². The summed E-state index contributed by atoms with van der Waals surface area (Å²) in [5.74, 6) is 0. The normalized spacial score (nSPS) is 27.9. The van der Waals surface area contributed by atoms with Crippen LogP contribution in [0.15, 0.2) is 0 Å². The average Bonchev–Trinajstić information content (AvgIpc) is 2.47. The second-order valence-corrected chi connectivity index (χ2v) is 3.91. The molecule has 1 fully saturated rings. The summed E-state index contributed by atoms with van der Waals surface area (Å²) < 4.78 is 0. The Morgan fingerprint density at radius 3 is 2.69 bits per heavy atom. The Kier molecular flexibility index (Phi) is 4.19. The highest BCUT2D eigenvalue weighted by molar-refractivity contribution is 6.40. The second-order valence-electron chi connectivity index (χ2n) is 3.91. The van der Waals surface area contributed by atoms with E-state index in [4.69, 9.17) is 15.8 Å². The first kappa shape index (κ1) is 11.0. The molecule has 1 saturated heterocycles. The lowest BCUT2D eigenvalue weighted by atomic mass is 9.83. The minimum absolute atomic E-state index is 0.180. The van der Waals surface area contributed by atoms with Gasteiger partial charge in [-0.1, -0.05) is 12.8 Å². The average molecular weight is 186 g/mol. The Morgan fingerprint density at radius 1 is 1.38 bits per heavy atom. The third kappa shape index (κ3) is 4.09. The quantitative estimate of drug-likeness (QED) is 0.350. The maximum atomic E-state index is 8.62. The number of hydrogen-bond donors (Lipinski definition) is 4. The van der Waals surface area contributed by atoms with Crippen LogP contribution in [-0.4, -0.2) is 29.4 Å². The molecule has 0 amide bonds. The SMILES string of the molecule is NC1(CCCCB(O)O)CCCN1. The molecular formula is C8H19BN2O2. The van der Waals surface area contributed by atoms with Crippen LogP contribution in [0.1, 0.15) is 32.1 Å². The number of hydrogen-bond acceptors (Lipinski definition) is 4. The van der Waals surface area contributed by atoms with Gasteiger partial charge in [0.1, 0.15) is 0 Å². The molecule has 0 spiro atoms. The van der Waals surface area contributed by atoms with E-state index in [1.165, 1.54) is 0 Å². The van der Waals surface area contributed by atoms with Crippen LogP contribution in [0.5, 0.6) is 0 Å². The molecule has 5 N–H and O–H groups in total. The summed E-state index contributed by atoms with van der Waals surface area (Å²) >= 11 is 0. The van der Waals surface area contributed by atoms with Crippen molar-refractivity contribution in [2.75, 3.05) is 6.54 Å². The summed E-state index contributed by atoms with van der Waals surface area (Å²) in [4.78, 5) is 0. The molecule has 0 radical (unpaired) electrons. The van der Waals surface area contributed by atoms with E-state index < -0.39 is 7.12 Å². The van der Waals surface area contributed by atoms with Crippen LogP contribution < -0.4 is 11.1 Å². The summed E-state index contributed by atoms with van der Waals surface area (Å²) in [6.07, 6.45) is 5.36. The molecule has 76 valence electrons. The summed E-state index contributed by atoms with van der Waals surface area (Å²) in [5, 5.41) is 20.5. The third-order valence-corrected chi connectivity index (χ3v) is 2.61. The molecule has 0 aromatic heterocycles. The maximum Gasteiger partial charge on any atom is 0.451 e. The van der Waals surface area contributed by atoms with Gasteiger partial charge in [-0.25, -0.2) is 0 Å². The van der Waals surface area contributed by atoms with E-state index in [0.717, 1.165) is 38.6 Å². The highest BCUT2D eigenvalue weighted by atomic mass is 16.4. The molecule has 5 heteroatoms. The molecule has 1 rings (SSSR count). The zero-order valence-corrected chi connectivity index (χ0v) is 8.00. The minimum atomic E-state index is -1.16. The van der Waals surface area contributed by atoms with Gasteiger partial charge in [-0.2, -0.15) is 0 Å². The lowest BCUT2D eigenvalue weighted by molar-refractivity contribution is 0.345. The lowest BCUT2D eigenvalue weighted by Crippen LogP contribution is -2.48. The second kappa shape index (κ2) is 4.95. The molecule has 1 aliphatic rings. The molecule has 0 bridgehead atoms. The van der Waals surface area contributed by atoms with E-state index in [2.05, 4.69) is 5.32 Å². The summed E-state index contributed by atoms with van der Waals surface area (Å²) in [6.45, 7) is 1.01. The molecule has 0 aromatic rings. The van der Waals surface area contributed by atoms with Gasteiger partial charge in [0.25, 0.3) is 0 Å². The van der Waals surface area contributed by atoms with Crippen molar-refractivity contribution in [3.8, 4) is 0 Å². The molecule has 1 heterocycles. The van der Waals surface area contributed by atoms with Gasteiger partial charge in [0, 0.05) is 0 Å². The van der Waals surface area contributed by atoms with Crippen LogP contribution in [0.4, 0.5) is 0 Å². The highest BCUT2D eigenvalue weighted by Crippen LogP contribution is 2.20. The van der Waals surface area contributed by atoms with Gasteiger partial charge in [-0.15, -0.1) is 0 Å². The van der Waals surface area contributed by atoms with Crippen molar-refractivity contribution in [2.24, 2.45) is 5.73 Å². The van der Waals surface area contributed by atoms with Gasteiger partial charge in [-0.3, -0.25) is 5.32 Å². The zero-order valence-electron chi connectivity index (χ0n) is 8.00. The van der Waals surface area contributed by atoms with E-state index in [-0.39, 0.29) is 5.66 Å². The molecular weight excluding hydrogens is 167 g/mol. The summed E-state index contributed by atoms with van der Waals surface area (Å²) in [6, 6.07) is 0. The minimum Gasteiger partial charge on any atom is -0.427 e. The monoisotopic (exact) mass is 186 g/mol. The van der Waals surface area contributed by atoms with Gasteiger partial charge >= 0.3 is 7.12 Å². The number of nitrogens with one attached hydrogen (secondary N) is 1. The Morgan fingerprint density at radius 2 is 2.15 bits per heavy atom. The van der Waals surface area contributed by atoms with Crippen molar-refractivity contribution in [3.63, 3.8) is 0 Å². The first-order chi connectivity index (χ1) is 6.12. The molecule has 1 unspecified atom stereocenters. The standard InChI is InChI=1S/C8H19BN2O2/c10-8(5-3-7-11-8)4-1-2-6-9(12)13/h11-13H,1-7,10H2. The number of unbranched alkanes of at least 4 members (excludes halogenated alkanes) is 1. The van der Waals surface area contributed by atoms with Crippen molar-refractivity contribution >= 4 is 7.12 Å². The number of nitrogens with two attached hydrogens (primary N) is 1. The Balaban J connectivity index is 2.04. The molecule has 4 nitrogen and oxygen atoms in total. The van der Waals surface area contributed by atoms with Crippen LogP contribution >= 0.6 is 0 Å². The zero-order chi connectivity index (χ0) is 9.73. The largest absolute Gasteiger partial charge is 0.451 e. The van der Waals surface area contributed by atoms with Gasteiger partial charge in [0.15, 0.2) is 0 Å². The van der Waals surface area contributed by atoms with Crippen molar-refractivity contribution in [1.82, 2.24) is 5.32 Å². The predicted octanol–water partition coefficient (Wildman–Crippen LogP) is -0.332. The molecule has 1 aliphatic heterocycles. The van der Waals surface area contributed by atoms with E-state index in [9.17, 15) is 0 Å². The van der Waals surface area contributed by atoms with E-state index in [0.29, 0.717) is 6.32 Å². The van der Waals surface area contributed by atoms with Gasteiger partial charge in [0.05, 0.1) is 5.66 Å². The van der Waals surface area contributed by atoms with E-state index in [1.807, 2.05) is 0 Å². The van der Waals surface area contributed by atoms with Crippen molar-refractivity contribution in [1.29, 1.82) is 0 Å². The lowest BCUT2D eigenvalue weighted by Gasteiger charge is -2.23. The Bertz CT molecular complexity index is 149. The first-order valence-electron chi connectivity index (χ1n) is 5.02. The Labute approximate surface area is 79.7 Å². The van der Waals surface area contributed by atoms with E-state index in [1.54, 1.807) is 0 Å². The topological polar surface area (TPSA) is 78.5 Å². The van der Waals surface area contributed by atoms with Gasteiger partial charge in [-0.05, 0) is 32.1 Å². The predicted molar refractivity (Wildman–Crippen MR) is 53.0 cm³/mol. The maximum absolute atomic E-state index is 8.62. The van der Waals surface area contributed by atoms with Crippen molar-refractivity contribution in [3.05, 3.63) is 0 Å². The third-order valence-electron chi connectivity index (χ3n) is 2.61. The van der Waals surface area contributed by atoms with Crippen LogP contribution in [0.2, 0.25) is 6.32 Å². The van der Waals surface area contributed by atoms with Crippen LogP contribution in [-0.2, 0) is 0 Å². The molecule has 0 aromatic carbocycles. The number of rotatable bonds is 5. The fraction of sp³-hybridized carbons (Fsp3) is 1.00. The summed E-state index contributed by atoms with van der Waals surface area (Å²) in [7, 11) is -1.16. The first-order valence-corrected chi connectivity index (χ1v) is 5.02. The molecule has 0 aliphatic carbocycles. The van der Waals surface area contributed by atoms with E-state index >= 15 is 0 Å². The Hall–Kier alpha value is -0.0951. The summed E-state index contributed by atoms with van der Waals surface area (Å²) in [5.41, 5.74) is 5.86. The van der Waals surface area contributed by atoms with Crippen molar-refractivity contribution < 1.29 is 10.0 Å². The smallest absolute Gasteiger partial charge is 0.427 e. The van der Waals surface area contributed by atoms with Gasteiger partial charge in [0.2, 0.25) is 0 Å². The van der Waals surface area contributed by atoms with Crippen LogP contribution in [0, 0.1) is 0 Å². The molecule has 1 atom stereocenters. The molecule has 13 heavy (non-hydrogen) atoms. The van der Waals surface area contributed by atoms with Gasteiger partial charge < -0.3 is 15.8 Å². The van der Waals surface area contributed by atoms with Crippen molar-refractivity contribution in [2.45, 2.75) is 44.1 Å².